The van der Waals surface area contributed by atoms with E-state index in [1.54, 1.807) is 17.4 Å². The molecule has 0 radical (unpaired) electrons. The molecule has 2 aromatic rings. The van der Waals surface area contributed by atoms with Gasteiger partial charge in [-0.05, 0) is 49.9 Å². The van der Waals surface area contributed by atoms with Gasteiger partial charge in [0.2, 0.25) is 0 Å². The molecule has 1 aromatic carbocycles. The van der Waals surface area contributed by atoms with Crippen molar-refractivity contribution < 1.29 is 4.39 Å². The molecule has 0 bridgehead atoms. The SMILES string of the molecule is CCCNCC(Cc1cscn1)Cc1ccccc1F. The molecule has 0 spiro atoms. The van der Waals surface area contributed by atoms with Crippen LogP contribution in [-0.4, -0.2) is 18.1 Å². The molecule has 1 unspecified atom stereocenters. The van der Waals surface area contributed by atoms with Crippen molar-refractivity contribution in [3.8, 4) is 0 Å². The Hall–Kier alpha value is -1.26. The summed E-state index contributed by atoms with van der Waals surface area (Å²) in [5, 5.41) is 5.52. The van der Waals surface area contributed by atoms with E-state index in [4.69, 9.17) is 0 Å². The molecule has 20 heavy (non-hydrogen) atoms. The van der Waals surface area contributed by atoms with Crippen LogP contribution in [0.1, 0.15) is 24.6 Å². The number of halogens is 1. The van der Waals surface area contributed by atoms with Crippen molar-refractivity contribution in [2.45, 2.75) is 26.2 Å². The summed E-state index contributed by atoms with van der Waals surface area (Å²) in [5.74, 6) is 0.270. The molecule has 2 nitrogen and oxygen atoms in total. The molecule has 1 atom stereocenters. The smallest absolute Gasteiger partial charge is 0.126 e. The van der Waals surface area contributed by atoms with Gasteiger partial charge in [0.05, 0.1) is 11.2 Å². The first-order valence-electron chi connectivity index (χ1n) is 7.10. The molecule has 0 aliphatic carbocycles. The molecule has 0 saturated carbocycles. The van der Waals surface area contributed by atoms with Gasteiger partial charge in [0, 0.05) is 5.38 Å². The van der Waals surface area contributed by atoms with Gasteiger partial charge in [-0.1, -0.05) is 25.1 Å². The van der Waals surface area contributed by atoms with E-state index in [1.807, 2.05) is 17.6 Å². The molecule has 108 valence electrons. The lowest BCUT2D eigenvalue weighted by Gasteiger charge is -2.17. The van der Waals surface area contributed by atoms with Crippen LogP contribution in [0.4, 0.5) is 4.39 Å². The van der Waals surface area contributed by atoms with Crippen molar-refractivity contribution in [1.29, 1.82) is 0 Å². The topological polar surface area (TPSA) is 24.9 Å². The van der Waals surface area contributed by atoms with Gasteiger partial charge in [-0.3, -0.25) is 0 Å². The van der Waals surface area contributed by atoms with Crippen LogP contribution >= 0.6 is 11.3 Å². The first kappa shape index (κ1) is 15.1. The van der Waals surface area contributed by atoms with E-state index < -0.39 is 0 Å². The molecule has 1 heterocycles. The lowest BCUT2D eigenvalue weighted by Crippen LogP contribution is -2.26. The predicted octanol–water partition coefficient (Wildman–Crippen LogP) is 3.68. The second-order valence-electron chi connectivity index (χ2n) is 5.05. The quantitative estimate of drug-likeness (QED) is 0.751. The maximum Gasteiger partial charge on any atom is 0.126 e. The molecule has 0 aliphatic rings. The van der Waals surface area contributed by atoms with Crippen LogP contribution in [0.15, 0.2) is 35.2 Å². The first-order chi connectivity index (χ1) is 9.79. The summed E-state index contributed by atoms with van der Waals surface area (Å²) in [5.41, 5.74) is 3.76. The first-order valence-corrected chi connectivity index (χ1v) is 8.05. The van der Waals surface area contributed by atoms with Crippen molar-refractivity contribution in [3.63, 3.8) is 0 Å². The zero-order valence-electron chi connectivity index (χ0n) is 11.8. The summed E-state index contributed by atoms with van der Waals surface area (Å²) in [6.07, 6.45) is 2.76. The Morgan fingerprint density at radius 3 is 2.85 bits per heavy atom. The van der Waals surface area contributed by atoms with Crippen LogP contribution in [0.5, 0.6) is 0 Å². The van der Waals surface area contributed by atoms with E-state index in [9.17, 15) is 4.39 Å². The van der Waals surface area contributed by atoms with E-state index in [1.165, 1.54) is 6.07 Å². The number of hydrogen-bond acceptors (Lipinski definition) is 3. The van der Waals surface area contributed by atoms with Crippen molar-refractivity contribution in [2.75, 3.05) is 13.1 Å². The molecule has 4 heteroatoms. The van der Waals surface area contributed by atoms with Gasteiger partial charge in [-0.15, -0.1) is 11.3 Å². The van der Waals surface area contributed by atoms with E-state index >= 15 is 0 Å². The maximum absolute atomic E-state index is 13.8. The third-order valence-electron chi connectivity index (χ3n) is 3.31. The summed E-state index contributed by atoms with van der Waals surface area (Å²) in [4.78, 5) is 4.35. The third-order valence-corrected chi connectivity index (χ3v) is 3.94. The number of nitrogens with zero attached hydrogens (tertiary/aromatic N) is 1. The summed E-state index contributed by atoms with van der Waals surface area (Å²) < 4.78 is 13.8. The fraction of sp³-hybridized carbons (Fsp3) is 0.438. The lowest BCUT2D eigenvalue weighted by atomic mass is 9.94. The minimum absolute atomic E-state index is 0.105. The van der Waals surface area contributed by atoms with Gasteiger partial charge in [0.25, 0.3) is 0 Å². The number of hydrogen-bond donors (Lipinski definition) is 1. The minimum atomic E-state index is -0.105. The highest BCUT2D eigenvalue weighted by molar-refractivity contribution is 7.07. The summed E-state index contributed by atoms with van der Waals surface area (Å²) in [6.45, 7) is 4.06. The van der Waals surface area contributed by atoms with Crippen molar-refractivity contribution in [3.05, 3.63) is 52.2 Å². The Morgan fingerprint density at radius 1 is 1.30 bits per heavy atom. The molecule has 2 rings (SSSR count). The van der Waals surface area contributed by atoms with Crippen molar-refractivity contribution >= 4 is 11.3 Å². The maximum atomic E-state index is 13.8. The minimum Gasteiger partial charge on any atom is -0.316 e. The zero-order chi connectivity index (χ0) is 14.2. The van der Waals surface area contributed by atoms with Gasteiger partial charge in [0.1, 0.15) is 5.82 Å². The second-order valence-corrected chi connectivity index (χ2v) is 5.77. The molecule has 0 fully saturated rings. The number of thiazole rings is 1. The number of benzene rings is 1. The van der Waals surface area contributed by atoms with Crippen LogP contribution in [0.3, 0.4) is 0 Å². The monoisotopic (exact) mass is 292 g/mol. The van der Waals surface area contributed by atoms with E-state index in [0.717, 1.165) is 43.6 Å². The highest BCUT2D eigenvalue weighted by Gasteiger charge is 2.14. The summed E-state index contributed by atoms with van der Waals surface area (Å²) >= 11 is 1.61. The zero-order valence-corrected chi connectivity index (χ0v) is 12.6. The van der Waals surface area contributed by atoms with Crippen LogP contribution in [0.2, 0.25) is 0 Å². The highest BCUT2D eigenvalue weighted by atomic mass is 32.1. The Bertz CT molecular complexity index is 499. The normalized spacial score (nSPS) is 12.5. The Balaban J connectivity index is 1.99. The second kappa shape index (κ2) is 8.12. The molecular weight excluding hydrogens is 271 g/mol. The van der Waals surface area contributed by atoms with Gasteiger partial charge in [0.15, 0.2) is 0 Å². The third kappa shape index (κ3) is 4.69. The largest absolute Gasteiger partial charge is 0.316 e. The summed E-state index contributed by atoms with van der Waals surface area (Å²) in [7, 11) is 0. The molecule has 0 amide bonds. The fourth-order valence-electron chi connectivity index (χ4n) is 2.31. The highest BCUT2D eigenvalue weighted by Crippen LogP contribution is 2.17. The lowest BCUT2D eigenvalue weighted by molar-refractivity contribution is 0.458. The molecule has 0 saturated heterocycles. The Kier molecular flexibility index (Phi) is 6.15. The Morgan fingerprint density at radius 2 is 2.15 bits per heavy atom. The van der Waals surface area contributed by atoms with E-state index in [0.29, 0.717) is 5.92 Å². The van der Waals surface area contributed by atoms with Crippen LogP contribution < -0.4 is 5.32 Å². The van der Waals surface area contributed by atoms with Crippen LogP contribution in [0.25, 0.3) is 0 Å². The van der Waals surface area contributed by atoms with Gasteiger partial charge >= 0.3 is 0 Å². The number of nitrogens with one attached hydrogen (secondary N) is 1. The van der Waals surface area contributed by atoms with Crippen molar-refractivity contribution in [2.24, 2.45) is 5.92 Å². The average molecular weight is 292 g/mol. The molecule has 1 aromatic heterocycles. The van der Waals surface area contributed by atoms with E-state index in [-0.39, 0.29) is 5.82 Å². The molecule has 1 N–H and O–H groups in total. The Labute approximate surface area is 124 Å². The number of rotatable bonds is 8. The molecular formula is C16H21FN2S. The number of aromatic nitrogens is 1. The van der Waals surface area contributed by atoms with E-state index in [2.05, 4.69) is 22.6 Å². The predicted molar refractivity (Wildman–Crippen MR) is 82.6 cm³/mol. The van der Waals surface area contributed by atoms with Crippen LogP contribution in [0, 0.1) is 11.7 Å². The standard InChI is InChI=1S/C16H21FN2S/c1-2-7-18-10-13(9-15-11-20-12-19-15)8-14-5-3-4-6-16(14)17/h3-6,11-13,18H,2,7-10H2,1H3. The van der Waals surface area contributed by atoms with Crippen LogP contribution in [-0.2, 0) is 12.8 Å². The van der Waals surface area contributed by atoms with Crippen molar-refractivity contribution in [1.82, 2.24) is 10.3 Å². The van der Waals surface area contributed by atoms with Gasteiger partial charge in [-0.2, -0.15) is 0 Å². The molecule has 0 aliphatic heterocycles. The van der Waals surface area contributed by atoms with Gasteiger partial charge < -0.3 is 5.32 Å². The summed E-state index contributed by atoms with van der Waals surface area (Å²) in [6, 6.07) is 7.05. The van der Waals surface area contributed by atoms with Gasteiger partial charge in [-0.25, -0.2) is 9.37 Å². The fourth-order valence-corrected chi connectivity index (χ4v) is 2.88. The average Bonchev–Trinajstić information content (AvgIpc) is 2.94.